The molecule has 0 amide bonds. The van der Waals surface area contributed by atoms with Crippen molar-refractivity contribution < 1.29 is 9.47 Å². The van der Waals surface area contributed by atoms with E-state index in [1.807, 2.05) is 18.2 Å². The van der Waals surface area contributed by atoms with Gasteiger partial charge in [-0.1, -0.05) is 26.7 Å². The summed E-state index contributed by atoms with van der Waals surface area (Å²) in [6.45, 7) is 6.34. The molecule has 1 rings (SSSR count). The van der Waals surface area contributed by atoms with Crippen molar-refractivity contribution in [2.75, 3.05) is 20.8 Å². The van der Waals surface area contributed by atoms with Crippen LogP contribution in [0, 0.1) is 5.92 Å². The van der Waals surface area contributed by atoms with Gasteiger partial charge in [0.15, 0.2) is 0 Å². The van der Waals surface area contributed by atoms with Crippen LogP contribution >= 0.6 is 0 Å². The fourth-order valence-electron chi connectivity index (χ4n) is 2.01. The molecule has 0 heterocycles. The van der Waals surface area contributed by atoms with Gasteiger partial charge in [-0.3, -0.25) is 0 Å². The van der Waals surface area contributed by atoms with E-state index in [9.17, 15) is 0 Å². The zero-order valence-corrected chi connectivity index (χ0v) is 12.0. The van der Waals surface area contributed by atoms with Crippen molar-refractivity contribution in [3.63, 3.8) is 0 Å². The summed E-state index contributed by atoms with van der Waals surface area (Å²) < 4.78 is 10.6. The average molecular weight is 251 g/mol. The van der Waals surface area contributed by atoms with Crippen molar-refractivity contribution in [2.45, 2.75) is 33.2 Å². The molecular weight excluding hydrogens is 226 g/mol. The summed E-state index contributed by atoms with van der Waals surface area (Å²) in [4.78, 5) is 0. The lowest BCUT2D eigenvalue weighted by molar-refractivity contribution is 0.394. The molecule has 0 bridgehead atoms. The predicted octanol–water partition coefficient (Wildman–Crippen LogP) is 3.23. The minimum Gasteiger partial charge on any atom is -0.497 e. The Morgan fingerprint density at radius 2 is 1.83 bits per heavy atom. The number of nitrogens with one attached hydrogen (secondary N) is 1. The fourth-order valence-corrected chi connectivity index (χ4v) is 2.01. The fraction of sp³-hybridized carbons (Fsp3) is 0.600. The van der Waals surface area contributed by atoms with Crippen molar-refractivity contribution in [3.8, 4) is 11.5 Å². The van der Waals surface area contributed by atoms with Crippen LogP contribution in [0.15, 0.2) is 18.2 Å². The summed E-state index contributed by atoms with van der Waals surface area (Å²) in [6.07, 6.45) is 2.44. The molecule has 0 spiro atoms. The minimum absolute atomic E-state index is 0.751. The third-order valence-corrected chi connectivity index (χ3v) is 3.39. The summed E-state index contributed by atoms with van der Waals surface area (Å²) in [5.74, 6) is 2.53. The Kier molecular flexibility index (Phi) is 6.58. The van der Waals surface area contributed by atoms with Crippen LogP contribution in [0.2, 0.25) is 0 Å². The van der Waals surface area contributed by atoms with Gasteiger partial charge in [-0.2, -0.15) is 0 Å². The van der Waals surface area contributed by atoms with Gasteiger partial charge in [0.2, 0.25) is 0 Å². The SMILES string of the molecule is CCC(CC)CNCc1cc(OC)ccc1OC. The lowest BCUT2D eigenvalue weighted by atomic mass is 10.0. The first-order valence-corrected chi connectivity index (χ1v) is 6.66. The highest BCUT2D eigenvalue weighted by atomic mass is 16.5. The topological polar surface area (TPSA) is 30.5 Å². The molecule has 1 aromatic carbocycles. The number of rotatable bonds is 8. The molecule has 0 fully saturated rings. The Morgan fingerprint density at radius 3 is 2.39 bits per heavy atom. The molecule has 0 aliphatic heterocycles. The van der Waals surface area contributed by atoms with E-state index in [-0.39, 0.29) is 0 Å². The molecule has 3 nitrogen and oxygen atoms in total. The van der Waals surface area contributed by atoms with Crippen LogP contribution in [0.3, 0.4) is 0 Å². The minimum atomic E-state index is 0.751. The second-order valence-electron chi connectivity index (χ2n) is 4.49. The molecule has 0 saturated carbocycles. The van der Waals surface area contributed by atoms with E-state index in [1.165, 1.54) is 12.8 Å². The molecule has 0 aromatic heterocycles. The highest BCUT2D eigenvalue weighted by Crippen LogP contribution is 2.23. The van der Waals surface area contributed by atoms with Crippen molar-refractivity contribution >= 4 is 0 Å². The molecule has 102 valence electrons. The normalized spacial score (nSPS) is 10.7. The quantitative estimate of drug-likeness (QED) is 0.769. The van der Waals surface area contributed by atoms with Crippen LogP contribution < -0.4 is 14.8 Å². The molecule has 0 saturated heterocycles. The van der Waals surface area contributed by atoms with Crippen LogP contribution in [-0.2, 0) is 6.54 Å². The second-order valence-corrected chi connectivity index (χ2v) is 4.49. The van der Waals surface area contributed by atoms with Crippen LogP contribution in [0.5, 0.6) is 11.5 Å². The van der Waals surface area contributed by atoms with E-state index < -0.39 is 0 Å². The van der Waals surface area contributed by atoms with E-state index >= 15 is 0 Å². The van der Waals surface area contributed by atoms with E-state index in [2.05, 4.69) is 19.2 Å². The number of ether oxygens (including phenoxy) is 2. The summed E-state index contributed by atoms with van der Waals surface area (Å²) in [6, 6.07) is 5.90. The lowest BCUT2D eigenvalue weighted by Crippen LogP contribution is -2.22. The maximum atomic E-state index is 5.36. The van der Waals surface area contributed by atoms with Gasteiger partial charge in [0.05, 0.1) is 14.2 Å². The molecule has 0 aliphatic carbocycles. The molecular formula is C15H25NO2. The molecule has 0 aliphatic rings. The average Bonchev–Trinajstić information content (AvgIpc) is 2.43. The third-order valence-electron chi connectivity index (χ3n) is 3.39. The first-order valence-electron chi connectivity index (χ1n) is 6.66. The highest BCUT2D eigenvalue weighted by molar-refractivity contribution is 5.40. The highest BCUT2D eigenvalue weighted by Gasteiger charge is 2.06. The van der Waals surface area contributed by atoms with Gasteiger partial charge in [0.1, 0.15) is 11.5 Å². The van der Waals surface area contributed by atoms with Crippen LogP contribution in [0.1, 0.15) is 32.3 Å². The van der Waals surface area contributed by atoms with E-state index in [0.717, 1.165) is 36.1 Å². The van der Waals surface area contributed by atoms with Gasteiger partial charge in [-0.25, -0.2) is 0 Å². The number of methoxy groups -OCH3 is 2. The van der Waals surface area contributed by atoms with Gasteiger partial charge in [0, 0.05) is 12.1 Å². The second kappa shape index (κ2) is 7.98. The maximum absolute atomic E-state index is 5.36. The van der Waals surface area contributed by atoms with Crippen LogP contribution in [0.25, 0.3) is 0 Å². The van der Waals surface area contributed by atoms with Gasteiger partial charge in [0.25, 0.3) is 0 Å². The first kappa shape index (κ1) is 14.8. The molecule has 1 N–H and O–H groups in total. The predicted molar refractivity (Wildman–Crippen MR) is 75.3 cm³/mol. The van der Waals surface area contributed by atoms with E-state index in [1.54, 1.807) is 14.2 Å². The molecule has 0 atom stereocenters. The molecule has 3 heteroatoms. The van der Waals surface area contributed by atoms with Gasteiger partial charge >= 0.3 is 0 Å². The van der Waals surface area contributed by atoms with Crippen molar-refractivity contribution in [2.24, 2.45) is 5.92 Å². The smallest absolute Gasteiger partial charge is 0.123 e. The summed E-state index contributed by atoms with van der Waals surface area (Å²) >= 11 is 0. The monoisotopic (exact) mass is 251 g/mol. The van der Waals surface area contributed by atoms with Crippen molar-refractivity contribution in [1.29, 1.82) is 0 Å². The van der Waals surface area contributed by atoms with Gasteiger partial charge in [-0.15, -0.1) is 0 Å². The van der Waals surface area contributed by atoms with Crippen LogP contribution in [-0.4, -0.2) is 20.8 Å². The third kappa shape index (κ3) is 4.22. The zero-order valence-electron chi connectivity index (χ0n) is 12.0. The first-order chi connectivity index (χ1) is 8.74. The van der Waals surface area contributed by atoms with Gasteiger partial charge in [-0.05, 0) is 30.7 Å². The van der Waals surface area contributed by atoms with Gasteiger partial charge < -0.3 is 14.8 Å². The maximum Gasteiger partial charge on any atom is 0.123 e. The molecule has 0 radical (unpaired) electrons. The van der Waals surface area contributed by atoms with E-state index in [0.29, 0.717) is 0 Å². The summed E-state index contributed by atoms with van der Waals surface area (Å²) in [5.41, 5.74) is 1.14. The number of hydrogen-bond donors (Lipinski definition) is 1. The van der Waals surface area contributed by atoms with E-state index in [4.69, 9.17) is 9.47 Å². The molecule has 1 aromatic rings. The Labute approximate surface area is 110 Å². The Bertz CT molecular complexity index is 348. The zero-order chi connectivity index (χ0) is 13.4. The summed E-state index contributed by atoms with van der Waals surface area (Å²) in [7, 11) is 3.38. The van der Waals surface area contributed by atoms with Crippen LogP contribution in [0.4, 0.5) is 0 Å². The lowest BCUT2D eigenvalue weighted by Gasteiger charge is -2.15. The Hall–Kier alpha value is -1.22. The summed E-state index contributed by atoms with van der Waals surface area (Å²) in [5, 5.41) is 3.49. The van der Waals surface area contributed by atoms with Crippen molar-refractivity contribution in [1.82, 2.24) is 5.32 Å². The number of hydrogen-bond acceptors (Lipinski definition) is 3. The standard InChI is InChI=1S/C15H25NO2/c1-5-12(6-2)10-16-11-13-9-14(17-3)7-8-15(13)18-4/h7-9,12,16H,5-6,10-11H2,1-4H3. The molecule has 0 unspecified atom stereocenters. The molecule has 18 heavy (non-hydrogen) atoms. The Balaban J connectivity index is 2.59. The Morgan fingerprint density at radius 1 is 1.11 bits per heavy atom. The van der Waals surface area contributed by atoms with Crippen molar-refractivity contribution in [3.05, 3.63) is 23.8 Å². The largest absolute Gasteiger partial charge is 0.497 e. The number of benzene rings is 1.